The molecule has 1 heterocycles. The van der Waals surface area contributed by atoms with E-state index in [9.17, 15) is 19.7 Å². The summed E-state index contributed by atoms with van der Waals surface area (Å²) in [4.78, 5) is 36.5. The van der Waals surface area contributed by atoms with Crippen LogP contribution in [0, 0.1) is 10.1 Å². The van der Waals surface area contributed by atoms with Crippen molar-refractivity contribution in [3.8, 4) is 11.5 Å². The molecule has 8 heteroatoms. The number of carbonyl (C=O) groups excluding carboxylic acids is 2. The van der Waals surface area contributed by atoms with Gasteiger partial charge in [-0.15, -0.1) is 0 Å². The molecule has 0 atom stereocenters. The molecule has 0 unspecified atom stereocenters. The lowest BCUT2D eigenvalue weighted by molar-refractivity contribution is -0.384. The standard InChI is InChI=1S/C28H27NO7/c1-2-34-25-15-18(11-14-22(25)35-16-17-9-12-19(13-10-17)29(32)33)26-27-20(30)5-3-7-23(27)36-24-8-4-6-21(31)28(24)26/h9-15,26H,2-8,16H2,1H3. The minimum absolute atomic E-state index is 0.0198. The van der Waals surface area contributed by atoms with E-state index in [0.717, 1.165) is 24.0 Å². The Kier molecular flexibility index (Phi) is 6.59. The summed E-state index contributed by atoms with van der Waals surface area (Å²) < 4.78 is 18.0. The number of non-ortho nitro benzene ring substituents is 1. The molecule has 0 N–H and O–H groups in total. The largest absolute Gasteiger partial charge is 0.490 e. The topological polar surface area (TPSA) is 105 Å². The lowest BCUT2D eigenvalue weighted by Crippen LogP contribution is -2.30. The summed E-state index contributed by atoms with van der Waals surface area (Å²) >= 11 is 0. The van der Waals surface area contributed by atoms with Crippen LogP contribution in [0.1, 0.15) is 62.5 Å². The van der Waals surface area contributed by atoms with E-state index in [4.69, 9.17) is 14.2 Å². The summed E-state index contributed by atoms with van der Waals surface area (Å²) in [5, 5.41) is 10.9. The quantitative estimate of drug-likeness (QED) is 0.363. The number of hydrogen-bond acceptors (Lipinski definition) is 7. The van der Waals surface area contributed by atoms with Crippen molar-refractivity contribution in [2.75, 3.05) is 6.61 Å². The Balaban J connectivity index is 1.48. The van der Waals surface area contributed by atoms with Gasteiger partial charge in [-0.3, -0.25) is 19.7 Å². The van der Waals surface area contributed by atoms with Crippen LogP contribution >= 0.6 is 0 Å². The van der Waals surface area contributed by atoms with Crippen LogP contribution in [0.25, 0.3) is 0 Å². The van der Waals surface area contributed by atoms with E-state index in [1.807, 2.05) is 19.1 Å². The Labute approximate surface area is 208 Å². The van der Waals surface area contributed by atoms with Crippen LogP contribution in [0.15, 0.2) is 65.1 Å². The van der Waals surface area contributed by atoms with Crippen molar-refractivity contribution in [1.82, 2.24) is 0 Å². The van der Waals surface area contributed by atoms with Gasteiger partial charge in [0.05, 0.1) is 11.5 Å². The molecule has 36 heavy (non-hydrogen) atoms. The molecule has 3 aliphatic rings. The van der Waals surface area contributed by atoms with E-state index in [-0.39, 0.29) is 23.9 Å². The molecule has 8 nitrogen and oxygen atoms in total. The summed E-state index contributed by atoms with van der Waals surface area (Å²) in [5.74, 6) is 2.01. The number of ketones is 2. The highest BCUT2D eigenvalue weighted by molar-refractivity contribution is 6.05. The van der Waals surface area contributed by atoms with Crippen molar-refractivity contribution in [2.24, 2.45) is 0 Å². The third-order valence-corrected chi connectivity index (χ3v) is 6.78. The first-order valence-corrected chi connectivity index (χ1v) is 12.3. The molecular weight excluding hydrogens is 462 g/mol. The maximum Gasteiger partial charge on any atom is 0.269 e. The summed E-state index contributed by atoms with van der Waals surface area (Å²) in [7, 11) is 0. The van der Waals surface area contributed by atoms with Gasteiger partial charge < -0.3 is 14.2 Å². The van der Waals surface area contributed by atoms with Crippen LogP contribution in [0.4, 0.5) is 5.69 Å². The molecule has 1 aliphatic heterocycles. The second kappa shape index (κ2) is 9.97. The van der Waals surface area contributed by atoms with Crippen LogP contribution in [0.5, 0.6) is 11.5 Å². The number of ether oxygens (including phenoxy) is 3. The molecule has 0 radical (unpaired) electrons. The molecule has 2 aliphatic carbocycles. The van der Waals surface area contributed by atoms with Crippen molar-refractivity contribution in [2.45, 2.75) is 58.0 Å². The highest BCUT2D eigenvalue weighted by Crippen LogP contribution is 2.48. The number of carbonyl (C=O) groups is 2. The summed E-state index contributed by atoms with van der Waals surface area (Å²) in [6.07, 6.45) is 3.78. The molecule has 0 amide bonds. The number of nitro benzene ring substituents is 1. The van der Waals surface area contributed by atoms with Gasteiger partial charge in [-0.2, -0.15) is 0 Å². The lowest BCUT2D eigenvalue weighted by Gasteiger charge is -2.36. The number of benzene rings is 2. The van der Waals surface area contributed by atoms with Crippen molar-refractivity contribution >= 4 is 17.3 Å². The molecule has 0 bridgehead atoms. The van der Waals surface area contributed by atoms with E-state index >= 15 is 0 Å². The molecule has 2 aromatic carbocycles. The first-order valence-electron chi connectivity index (χ1n) is 12.3. The van der Waals surface area contributed by atoms with Crippen molar-refractivity contribution in [1.29, 1.82) is 0 Å². The van der Waals surface area contributed by atoms with E-state index < -0.39 is 10.8 Å². The summed E-state index contributed by atoms with van der Waals surface area (Å²) in [5.41, 5.74) is 2.79. The van der Waals surface area contributed by atoms with Crippen LogP contribution in [-0.4, -0.2) is 23.1 Å². The van der Waals surface area contributed by atoms with Crippen LogP contribution in [-0.2, 0) is 20.9 Å². The molecule has 0 saturated carbocycles. The third kappa shape index (κ3) is 4.51. The van der Waals surface area contributed by atoms with Crippen molar-refractivity contribution in [3.63, 3.8) is 0 Å². The Bertz CT molecular complexity index is 1250. The van der Waals surface area contributed by atoms with Crippen LogP contribution in [0.2, 0.25) is 0 Å². The molecule has 0 fully saturated rings. The van der Waals surface area contributed by atoms with Gasteiger partial charge in [-0.25, -0.2) is 0 Å². The van der Waals surface area contributed by atoms with Gasteiger partial charge in [0, 0.05) is 54.9 Å². The highest BCUT2D eigenvalue weighted by atomic mass is 16.6. The number of allylic oxidation sites excluding steroid dienone is 4. The first-order chi connectivity index (χ1) is 17.5. The van der Waals surface area contributed by atoms with E-state index in [0.29, 0.717) is 66.5 Å². The zero-order valence-corrected chi connectivity index (χ0v) is 20.1. The van der Waals surface area contributed by atoms with E-state index in [2.05, 4.69) is 0 Å². The SMILES string of the molecule is CCOc1cc(C2C3=C(CCCC3=O)OC3=C2C(=O)CCC3)ccc1OCc1ccc([N+](=O)[O-])cc1. The second-order valence-electron chi connectivity index (χ2n) is 9.11. The minimum atomic E-state index is -0.465. The fourth-order valence-electron chi connectivity index (χ4n) is 5.12. The average Bonchev–Trinajstić information content (AvgIpc) is 2.87. The van der Waals surface area contributed by atoms with Gasteiger partial charge in [-0.05, 0) is 55.2 Å². The summed E-state index contributed by atoms with van der Waals surface area (Å²) in [6.45, 7) is 2.49. The van der Waals surface area contributed by atoms with Gasteiger partial charge in [-0.1, -0.05) is 6.07 Å². The predicted octanol–water partition coefficient (Wildman–Crippen LogP) is 5.70. The highest BCUT2D eigenvalue weighted by Gasteiger charge is 2.42. The fraction of sp³-hybridized carbons (Fsp3) is 0.357. The number of nitro groups is 1. The Hall–Kier alpha value is -3.94. The zero-order chi connectivity index (χ0) is 25.2. The Morgan fingerprint density at radius 3 is 2.11 bits per heavy atom. The van der Waals surface area contributed by atoms with E-state index in [1.165, 1.54) is 12.1 Å². The second-order valence-corrected chi connectivity index (χ2v) is 9.11. The third-order valence-electron chi connectivity index (χ3n) is 6.78. The van der Waals surface area contributed by atoms with Gasteiger partial charge in [0.2, 0.25) is 0 Å². The van der Waals surface area contributed by atoms with Gasteiger partial charge in [0.1, 0.15) is 18.1 Å². The van der Waals surface area contributed by atoms with E-state index in [1.54, 1.807) is 18.2 Å². The number of Topliss-reactive ketones (excluding diaryl/α,β-unsaturated/α-hetero) is 2. The van der Waals surface area contributed by atoms with Gasteiger partial charge in [0.25, 0.3) is 5.69 Å². The minimum Gasteiger partial charge on any atom is -0.490 e. The van der Waals surface area contributed by atoms with Crippen LogP contribution < -0.4 is 9.47 Å². The van der Waals surface area contributed by atoms with Gasteiger partial charge >= 0.3 is 0 Å². The molecular formula is C28H27NO7. The predicted molar refractivity (Wildman–Crippen MR) is 131 cm³/mol. The molecule has 0 spiro atoms. The Morgan fingerprint density at radius 2 is 1.53 bits per heavy atom. The zero-order valence-electron chi connectivity index (χ0n) is 20.1. The van der Waals surface area contributed by atoms with Crippen molar-refractivity contribution < 1.29 is 28.7 Å². The number of rotatable bonds is 7. The normalized spacial score (nSPS) is 17.9. The summed E-state index contributed by atoms with van der Waals surface area (Å²) in [6, 6.07) is 11.7. The van der Waals surface area contributed by atoms with Crippen LogP contribution in [0.3, 0.4) is 0 Å². The number of hydrogen-bond donors (Lipinski definition) is 0. The number of nitrogens with zero attached hydrogens (tertiary/aromatic N) is 1. The Morgan fingerprint density at radius 1 is 0.889 bits per heavy atom. The molecule has 0 saturated heterocycles. The fourth-order valence-corrected chi connectivity index (χ4v) is 5.12. The molecule has 5 rings (SSSR count). The monoisotopic (exact) mass is 489 g/mol. The smallest absolute Gasteiger partial charge is 0.269 e. The van der Waals surface area contributed by atoms with Crippen molar-refractivity contribution in [3.05, 3.63) is 86.4 Å². The maximum atomic E-state index is 13.0. The van der Waals surface area contributed by atoms with Gasteiger partial charge in [0.15, 0.2) is 23.1 Å². The maximum absolute atomic E-state index is 13.0. The average molecular weight is 490 g/mol. The lowest BCUT2D eigenvalue weighted by atomic mass is 9.73. The molecule has 2 aromatic rings. The first kappa shape index (κ1) is 23.8. The molecule has 0 aromatic heterocycles. The molecule has 186 valence electrons.